The van der Waals surface area contributed by atoms with Gasteiger partial charge in [-0.2, -0.15) is 5.10 Å². The smallest absolute Gasteiger partial charge is 0.233 e. The molecule has 4 atom stereocenters. The van der Waals surface area contributed by atoms with Crippen LogP contribution in [-0.4, -0.2) is 64.0 Å². The first-order chi connectivity index (χ1) is 15.7. The largest absolute Gasteiger partial charge is 0.461 e. The highest BCUT2D eigenvalue weighted by molar-refractivity contribution is 6.06. The Morgan fingerprint density at radius 2 is 2.03 bits per heavy atom. The number of hydrogen-bond donors (Lipinski definition) is 3. The van der Waals surface area contributed by atoms with Crippen LogP contribution in [0.2, 0.25) is 0 Å². The highest BCUT2D eigenvalue weighted by atomic mass is 16.3. The number of nitrogens with one attached hydrogen (secondary N) is 3. The second-order valence-corrected chi connectivity index (χ2v) is 8.35. The maximum absolute atomic E-state index is 12.8. The number of furan rings is 1. The zero-order chi connectivity index (χ0) is 22.1. The van der Waals surface area contributed by atoms with E-state index >= 15 is 0 Å². The molecule has 168 valence electrons. The van der Waals surface area contributed by atoms with Crippen molar-refractivity contribution in [3.05, 3.63) is 36.4 Å². The fourth-order valence-corrected chi connectivity index (χ4v) is 5.01. The average Bonchev–Trinajstić information content (AvgIpc) is 3.60. The van der Waals surface area contributed by atoms with Crippen molar-refractivity contribution in [1.29, 1.82) is 0 Å². The molecule has 5 rings (SSSR count). The highest BCUT2D eigenvalue weighted by Gasteiger charge is 2.58. The van der Waals surface area contributed by atoms with Crippen molar-refractivity contribution in [2.75, 3.05) is 26.2 Å². The summed E-state index contributed by atoms with van der Waals surface area (Å²) < 4.78 is 5.30. The van der Waals surface area contributed by atoms with Gasteiger partial charge >= 0.3 is 0 Å². The summed E-state index contributed by atoms with van der Waals surface area (Å²) in [5.41, 5.74) is 0. The number of aromatic nitrogens is 3. The molecule has 0 radical (unpaired) electrons. The summed E-state index contributed by atoms with van der Waals surface area (Å²) in [5.74, 6) is 2.65. The van der Waals surface area contributed by atoms with E-state index in [1.54, 1.807) is 12.3 Å². The fourth-order valence-electron chi connectivity index (χ4n) is 5.01. The predicted octanol–water partition coefficient (Wildman–Crippen LogP) is 0.969. The minimum absolute atomic E-state index is 0.0155. The van der Waals surface area contributed by atoms with Crippen LogP contribution >= 0.6 is 0 Å². The molecule has 10 nitrogen and oxygen atoms in total. The number of aliphatic imine (C=N–C) groups is 1. The molecule has 2 amide bonds. The summed E-state index contributed by atoms with van der Waals surface area (Å²) in [5, 5.41) is 13.5. The van der Waals surface area contributed by atoms with Gasteiger partial charge in [0.1, 0.15) is 5.82 Å². The van der Waals surface area contributed by atoms with E-state index in [4.69, 9.17) is 4.42 Å². The number of allylic oxidation sites excluding steroid dienone is 2. The van der Waals surface area contributed by atoms with E-state index in [1.807, 2.05) is 13.0 Å². The summed E-state index contributed by atoms with van der Waals surface area (Å²) in [7, 11) is 0. The van der Waals surface area contributed by atoms with E-state index in [9.17, 15) is 9.59 Å². The SMILES string of the molecule is CCNC(=NCCc1nc(-c2ccco2)n[nH]1)NCCN1C(=O)C2C3C=CC(C3)C2C1=O. The van der Waals surface area contributed by atoms with Gasteiger partial charge in [0.25, 0.3) is 0 Å². The first kappa shape index (κ1) is 20.5. The molecule has 2 fully saturated rings. The molecule has 2 bridgehead atoms. The number of carbonyl (C=O) groups excluding carboxylic acids is 2. The topological polar surface area (TPSA) is 129 Å². The molecule has 4 unspecified atom stereocenters. The lowest BCUT2D eigenvalue weighted by Gasteiger charge is -2.18. The van der Waals surface area contributed by atoms with Gasteiger partial charge in [-0.05, 0) is 37.3 Å². The van der Waals surface area contributed by atoms with Gasteiger partial charge in [-0.3, -0.25) is 24.6 Å². The normalized spacial score (nSPS) is 26.3. The Bertz CT molecular complexity index is 1010. The molecule has 2 aliphatic carbocycles. The molecule has 2 aromatic heterocycles. The lowest BCUT2D eigenvalue weighted by atomic mass is 9.85. The number of likely N-dealkylation sites (tertiary alicyclic amines) is 1. The number of aromatic amines is 1. The van der Waals surface area contributed by atoms with Gasteiger partial charge in [-0.15, -0.1) is 0 Å². The summed E-state index contributed by atoms with van der Waals surface area (Å²) in [6.07, 6.45) is 7.35. The second-order valence-electron chi connectivity index (χ2n) is 8.35. The Morgan fingerprint density at radius 1 is 1.25 bits per heavy atom. The molecule has 1 aliphatic heterocycles. The van der Waals surface area contributed by atoms with Gasteiger partial charge in [-0.25, -0.2) is 4.98 Å². The van der Waals surface area contributed by atoms with Crippen LogP contribution < -0.4 is 10.6 Å². The number of carbonyl (C=O) groups is 2. The van der Waals surface area contributed by atoms with Crippen LogP contribution in [0.3, 0.4) is 0 Å². The summed E-state index contributed by atoms with van der Waals surface area (Å²) in [6, 6.07) is 3.60. The molecular weight excluding hydrogens is 410 g/mol. The lowest BCUT2D eigenvalue weighted by molar-refractivity contribution is -0.140. The number of amides is 2. The Morgan fingerprint density at radius 3 is 2.72 bits per heavy atom. The summed E-state index contributed by atoms with van der Waals surface area (Å²) >= 11 is 0. The van der Waals surface area contributed by atoms with E-state index in [0.717, 1.165) is 12.2 Å². The van der Waals surface area contributed by atoms with Gasteiger partial charge in [-0.1, -0.05) is 12.2 Å². The molecule has 3 N–H and O–H groups in total. The van der Waals surface area contributed by atoms with E-state index in [1.165, 1.54) is 4.90 Å². The van der Waals surface area contributed by atoms with Crippen LogP contribution in [0.25, 0.3) is 11.6 Å². The van der Waals surface area contributed by atoms with Crippen molar-refractivity contribution in [3.8, 4) is 11.6 Å². The lowest BCUT2D eigenvalue weighted by Crippen LogP contribution is -2.43. The number of fused-ring (bicyclic) bond motifs is 5. The van der Waals surface area contributed by atoms with Crippen molar-refractivity contribution in [1.82, 2.24) is 30.7 Å². The maximum Gasteiger partial charge on any atom is 0.233 e. The van der Waals surface area contributed by atoms with Gasteiger partial charge in [0, 0.05) is 32.6 Å². The van der Waals surface area contributed by atoms with Crippen molar-refractivity contribution in [2.45, 2.75) is 19.8 Å². The first-order valence-corrected chi connectivity index (χ1v) is 11.2. The standard InChI is InChI=1S/C22H27N7O3/c1-2-23-22(24-8-7-16-26-19(28-27-16)15-4-3-11-32-15)25-9-10-29-20(30)17-13-5-6-14(12-13)18(17)21(29)31/h3-6,11,13-14,17-18H,2,7-10,12H2,1H3,(H2,23,24,25)(H,26,27,28). The van der Waals surface area contributed by atoms with Crippen LogP contribution in [0.1, 0.15) is 19.2 Å². The molecule has 2 aromatic rings. The first-order valence-electron chi connectivity index (χ1n) is 11.2. The van der Waals surface area contributed by atoms with Crippen molar-refractivity contribution < 1.29 is 14.0 Å². The Balaban J connectivity index is 1.12. The molecule has 0 spiro atoms. The highest BCUT2D eigenvalue weighted by Crippen LogP contribution is 2.52. The second kappa shape index (κ2) is 8.60. The van der Waals surface area contributed by atoms with Crippen LogP contribution in [0, 0.1) is 23.7 Å². The zero-order valence-electron chi connectivity index (χ0n) is 18.0. The van der Waals surface area contributed by atoms with Crippen molar-refractivity contribution in [3.63, 3.8) is 0 Å². The van der Waals surface area contributed by atoms with Gasteiger partial charge in [0.2, 0.25) is 17.6 Å². The summed E-state index contributed by atoms with van der Waals surface area (Å²) in [4.78, 5) is 36.0. The monoisotopic (exact) mass is 437 g/mol. The molecule has 10 heteroatoms. The number of H-pyrrole nitrogens is 1. The maximum atomic E-state index is 12.8. The van der Waals surface area contributed by atoms with Crippen molar-refractivity contribution >= 4 is 17.8 Å². The third-order valence-electron chi connectivity index (χ3n) is 6.43. The number of rotatable bonds is 8. The van der Waals surface area contributed by atoms with Crippen LogP contribution in [-0.2, 0) is 16.0 Å². The van der Waals surface area contributed by atoms with E-state index in [2.05, 4.69) is 43.0 Å². The van der Waals surface area contributed by atoms with Gasteiger partial charge in [0.15, 0.2) is 11.7 Å². The van der Waals surface area contributed by atoms with E-state index in [-0.39, 0.29) is 35.5 Å². The van der Waals surface area contributed by atoms with Crippen LogP contribution in [0.4, 0.5) is 0 Å². The third-order valence-corrected chi connectivity index (χ3v) is 6.43. The molecular formula is C22H27N7O3. The van der Waals surface area contributed by atoms with Crippen molar-refractivity contribution in [2.24, 2.45) is 28.7 Å². The number of nitrogens with zero attached hydrogens (tertiary/aromatic N) is 4. The minimum atomic E-state index is -0.146. The van der Waals surface area contributed by atoms with E-state index in [0.29, 0.717) is 50.1 Å². The van der Waals surface area contributed by atoms with E-state index < -0.39 is 0 Å². The molecule has 32 heavy (non-hydrogen) atoms. The third kappa shape index (κ3) is 3.69. The minimum Gasteiger partial charge on any atom is -0.461 e. The number of guanidine groups is 1. The molecule has 1 saturated carbocycles. The molecule has 1 saturated heterocycles. The Hall–Kier alpha value is -3.43. The number of hydrogen-bond acceptors (Lipinski definition) is 6. The zero-order valence-corrected chi connectivity index (χ0v) is 18.0. The predicted molar refractivity (Wildman–Crippen MR) is 116 cm³/mol. The quantitative estimate of drug-likeness (QED) is 0.243. The Labute approximate surface area is 185 Å². The average molecular weight is 438 g/mol. The Kier molecular flexibility index (Phi) is 5.50. The molecule has 0 aromatic carbocycles. The van der Waals surface area contributed by atoms with Gasteiger partial charge < -0.3 is 15.1 Å². The van der Waals surface area contributed by atoms with Gasteiger partial charge in [0.05, 0.1) is 18.1 Å². The molecule has 3 aliphatic rings. The fraction of sp³-hybridized carbons (Fsp3) is 0.500. The van der Waals surface area contributed by atoms with Crippen LogP contribution in [0.15, 0.2) is 40.0 Å². The van der Waals surface area contributed by atoms with Crippen LogP contribution in [0.5, 0.6) is 0 Å². The molecule has 3 heterocycles. The number of imide groups is 1. The summed E-state index contributed by atoms with van der Waals surface area (Å²) in [6.45, 7) is 4.00.